The lowest BCUT2D eigenvalue weighted by Gasteiger charge is -2.34. The summed E-state index contributed by atoms with van der Waals surface area (Å²) in [5.74, 6) is -1.24. The molecule has 110 valence electrons. The van der Waals surface area contributed by atoms with Crippen molar-refractivity contribution in [2.24, 2.45) is 5.92 Å². The van der Waals surface area contributed by atoms with Crippen molar-refractivity contribution in [2.75, 3.05) is 20.1 Å². The molecule has 1 aliphatic carbocycles. The molecule has 1 aromatic rings. The first-order chi connectivity index (χ1) is 9.44. The van der Waals surface area contributed by atoms with Crippen molar-refractivity contribution in [2.45, 2.75) is 25.4 Å². The van der Waals surface area contributed by atoms with Crippen LogP contribution < -0.4 is 0 Å². The molecule has 2 rings (SSSR count). The smallest absolute Gasteiger partial charge is 0.164 e. The average molecular weight is 283 g/mol. The van der Waals surface area contributed by atoms with Gasteiger partial charge in [-0.05, 0) is 37.9 Å². The molecule has 20 heavy (non-hydrogen) atoms. The van der Waals surface area contributed by atoms with Crippen molar-refractivity contribution in [1.82, 2.24) is 4.90 Å². The van der Waals surface area contributed by atoms with Crippen molar-refractivity contribution in [1.29, 1.82) is 0 Å². The number of carbonyl (C=O) groups is 1. The van der Waals surface area contributed by atoms with E-state index in [0.717, 1.165) is 37.6 Å². The predicted molar refractivity (Wildman–Crippen MR) is 71.5 cm³/mol. The number of carbonyl (C=O) groups excluding carboxylic acids is 1. The molecule has 0 spiro atoms. The Hall–Kier alpha value is -1.33. The molecule has 0 heterocycles. The van der Waals surface area contributed by atoms with Crippen LogP contribution in [0.15, 0.2) is 18.2 Å². The summed E-state index contributed by atoms with van der Waals surface area (Å²) < 4.78 is 26.0. The molecule has 0 unspecified atom stereocenters. The standard InChI is InChI=1S/C15H19F2NO2/c1-18(9-10-4-14(19)5-10)3-2-15(20)11-6-12(16)8-13(17)7-11/h6-8,10,14,19H,2-5,9H2,1H3. The van der Waals surface area contributed by atoms with E-state index in [2.05, 4.69) is 0 Å². The van der Waals surface area contributed by atoms with E-state index in [4.69, 9.17) is 0 Å². The van der Waals surface area contributed by atoms with Crippen LogP contribution in [0, 0.1) is 17.6 Å². The summed E-state index contributed by atoms with van der Waals surface area (Å²) in [4.78, 5) is 13.9. The van der Waals surface area contributed by atoms with Crippen molar-refractivity contribution < 1.29 is 18.7 Å². The molecule has 1 saturated carbocycles. The van der Waals surface area contributed by atoms with E-state index in [0.29, 0.717) is 12.5 Å². The number of hydrogen-bond acceptors (Lipinski definition) is 3. The summed E-state index contributed by atoms with van der Waals surface area (Å²) in [6.45, 7) is 1.38. The van der Waals surface area contributed by atoms with Gasteiger partial charge in [0.2, 0.25) is 0 Å². The van der Waals surface area contributed by atoms with E-state index in [9.17, 15) is 18.7 Å². The van der Waals surface area contributed by atoms with Crippen LogP contribution in [-0.2, 0) is 0 Å². The second-order valence-electron chi connectivity index (χ2n) is 5.58. The Kier molecular flexibility index (Phi) is 4.83. The predicted octanol–water partition coefficient (Wildman–Crippen LogP) is 2.24. The number of halogens is 2. The normalized spacial score (nSPS) is 21.9. The third-order valence-corrected chi connectivity index (χ3v) is 3.69. The second-order valence-corrected chi connectivity index (χ2v) is 5.58. The van der Waals surface area contributed by atoms with Gasteiger partial charge in [0.05, 0.1) is 6.10 Å². The lowest BCUT2D eigenvalue weighted by molar-refractivity contribution is 0.0281. The molecule has 0 aliphatic heterocycles. The number of ketones is 1. The molecular weight excluding hydrogens is 264 g/mol. The first kappa shape index (κ1) is 15.1. The molecule has 0 amide bonds. The Morgan fingerprint density at radius 3 is 2.45 bits per heavy atom. The zero-order chi connectivity index (χ0) is 14.7. The van der Waals surface area contributed by atoms with Gasteiger partial charge >= 0.3 is 0 Å². The zero-order valence-corrected chi connectivity index (χ0v) is 11.5. The Morgan fingerprint density at radius 2 is 1.90 bits per heavy atom. The SMILES string of the molecule is CN(CCC(=O)c1cc(F)cc(F)c1)CC1CC(O)C1. The largest absolute Gasteiger partial charge is 0.393 e. The van der Waals surface area contributed by atoms with Crippen LogP contribution in [0.1, 0.15) is 29.6 Å². The van der Waals surface area contributed by atoms with E-state index in [1.54, 1.807) is 0 Å². The number of hydrogen-bond donors (Lipinski definition) is 1. The second kappa shape index (κ2) is 6.41. The molecule has 0 saturated heterocycles. The maximum absolute atomic E-state index is 13.0. The number of Topliss-reactive ketones (excluding diaryl/α,β-unsaturated/α-hetero) is 1. The average Bonchev–Trinajstić information content (AvgIpc) is 2.33. The van der Waals surface area contributed by atoms with Crippen molar-refractivity contribution in [3.05, 3.63) is 35.4 Å². The number of benzene rings is 1. The van der Waals surface area contributed by atoms with Crippen LogP contribution in [0.25, 0.3) is 0 Å². The molecule has 0 radical (unpaired) electrons. The fraction of sp³-hybridized carbons (Fsp3) is 0.533. The zero-order valence-electron chi connectivity index (χ0n) is 11.5. The van der Waals surface area contributed by atoms with Crippen molar-refractivity contribution in [3.63, 3.8) is 0 Å². The topological polar surface area (TPSA) is 40.5 Å². The van der Waals surface area contributed by atoms with E-state index >= 15 is 0 Å². The van der Waals surface area contributed by atoms with Gasteiger partial charge in [0.15, 0.2) is 5.78 Å². The number of aliphatic hydroxyl groups is 1. The molecule has 5 heteroatoms. The Labute approximate surface area is 117 Å². The van der Waals surface area contributed by atoms with Gasteiger partial charge in [-0.15, -0.1) is 0 Å². The Morgan fingerprint density at radius 1 is 1.30 bits per heavy atom. The fourth-order valence-electron chi connectivity index (χ4n) is 2.53. The highest BCUT2D eigenvalue weighted by Gasteiger charge is 2.27. The van der Waals surface area contributed by atoms with Crippen molar-refractivity contribution >= 4 is 5.78 Å². The quantitative estimate of drug-likeness (QED) is 0.814. The van der Waals surface area contributed by atoms with Gasteiger partial charge in [-0.3, -0.25) is 4.79 Å². The molecule has 1 aliphatic rings. The lowest BCUT2D eigenvalue weighted by atomic mass is 9.82. The van der Waals surface area contributed by atoms with Crippen LogP contribution in [-0.4, -0.2) is 42.0 Å². The first-order valence-corrected chi connectivity index (χ1v) is 6.80. The summed E-state index contributed by atoms with van der Waals surface area (Å²) in [7, 11) is 1.91. The Balaban J connectivity index is 1.79. The van der Waals surface area contributed by atoms with Gasteiger partial charge in [-0.2, -0.15) is 0 Å². The van der Waals surface area contributed by atoms with Gasteiger partial charge in [-0.1, -0.05) is 0 Å². The first-order valence-electron chi connectivity index (χ1n) is 6.80. The van der Waals surface area contributed by atoms with Crippen LogP contribution in [0.5, 0.6) is 0 Å². The minimum atomic E-state index is -0.731. The van der Waals surface area contributed by atoms with Gasteiger partial charge < -0.3 is 10.0 Å². The monoisotopic (exact) mass is 283 g/mol. The molecule has 0 aromatic heterocycles. The number of rotatable bonds is 6. The van der Waals surface area contributed by atoms with E-state index < -0.39 is 11.6 Å². The maximum Gasteiger partial charge on any atom is 0.164 e. The highest BCUT2D eigenvalue weighted by atomic mass is 19.1. The molecule has 1 aromatic carbocycles. The van der Waals surface area contributed by atoms with Crippen LogP contribution >= 0.6 is 0 Å². The van der Waals surface area contributed by atoms with Gasteiger partial charge in [-0.25, -0.2) is 8.78 Å². The summed E-state index contributed by atoms with van der Waals surface area (Å²) in [5.41, 5.74) is 0.0787. The van der Waals surface area contributed by atoms with Crippen LogP contribution in [0.4, 0.5) is 8.78 Å². The molecule has 1 N–H and O–H groups in total. The third kappa shape index (κ3) is 4.08. The minimum Gasteiger partial charge on any atom is -0.393 e. The molecular formula is C15H19F2NO2. The molecule has 1 fully saturated rings. The van der Waals surface area contributed by atoms with Crippen LogP contribution in [0.2, 0.25) is 0 Å². The highest BCUT2D eigenvalue weighted by molar-refractivity contribution is 5.96. The summed E-state index contributed by atoms with van der Waals surface area (Å²) in [5, 5.41) is 9.21. The van der Waals surface area contributed by atoms with Crippen LogP contribution in [0.3, 0.4) is 0 Å². The van der Waals surface area contributed by atoms with E-state index in [-0.39, 0.29) is 23.9 Å². The minimum absolute atomic E-state index is 0.0787. The summed E-state index contributed by atoms with van der Waals surface area (Å²) >= 11 is 0. The molecule has 0 bridgehead atoms. The fourth-order valence-corrected chi connectivity index (χ4v) is 2.53. The summed E-state index contributed by atoms with van der Waals surface area (Å²) in [6, 6.07) is 2.88. The molecule has 0 atom stereocenters. The van der Waals surface area contributed by atoms with Gasteiger partial charge in [0, 0.05) is 31.1 Å². The summed E-state index contributed by atoms with van der Waals surface area (Å²) in [6.07, 6.45) is 1.68. The van der Waals surface area contributed by atoms with Gasteiger partial charge in [0.25, 0.3) is 0 Å². The third-order valence-electron chi connectivity index (χ3n) is 3.69. The van der Waals surface area contributed by atoms with E-state index in [1.807, 2.05) is 11.9 Å². The number of aliphatic hydroxyl groups excluding tert-OH is 1. The van der Waals surface area contributed by atoms with E-state index in [1.165, 1.54) is 0 Å². The maximum atomic E-state index is 13.0. The number of nitrogens with zero attached hydrogens (tertiary/aromatic N) is 1. The Bertz CT molecular complexity index is 467. The molecule has 3 nitrogen and oxygen atoms in total. The van der Waals surface area contributed by atoms with Crippen molar-refractivity contribution in [3.8, 4) is 0 Å². The highest BCUT2D eigenvalue weighted by Crippen LogP contribution is 2.27. The lowest BCUT2D eigenvalue weighted by Crippen LogP contribution is -2.37. The van der Waals surface area contributed by atoms with Gasteiger partial charge in [0.1, 0.15) is 11.6 Å².